The number of carbonyl (C=O) groups is 1. The van der Waals surface area contributed by atoms with Gasteiger partial charge in [-0.1, -0.05) is 26.0 Å². The number of amidine groups is 1. The normalized spacial score (nSPS) is 16.8. The van der Waals surface area contributed by atoms with E-state index < -0.39 is 0 Å². The Morgan fingerprint density at radius 1 is 1.07 bits per heavy atom. The van der Waals surface area contributed by atoms with Crippen LogP contribution in [0.2, 0.25) is 0 Å². The van der Waals surface area contributed by atoms with Crippen LogP contribution >= 0.6 is 11.8 Å². The summed E-state index contributed by atoms with van der Waals surface area (Å²) < 4.78 is 10.8. The minimum atomic E-state index is -0.146. The molecule has 1 fully saturated rings. The zero-order valence-electron chi connectivity index (χ0n) is 15.6. The van der Waals surface area contributed by atoms with Crippen LogP contribution in [0.25, 0.3) is 6.08 Å². The quantitative estimate of drug-likeness (QED) is 0.741. The van der Waals surface area contributed by atoms with Gasteiger partial charge in [-0.05, 0) is 65.7 Å². The molecule has 1 aliphatic rings. The zero-order valence-corrected chi connectivity index (χ0v) is 16.4. The van der Waals surface area contributed by atoms with E-state index in [-0.39, 0.29) is 5.91 Å². The van der Waals surface area contributed by atoms with Gasteiger partial charge in [0.25, 0.3) is 5.91 Å². The predicted molar refractivity (Wildman–Crippen MR) is 111 cm³/mol. The summed E-state index contributed by atoms with van der Waals surface area (Å²) in [6.45, 7) is 4.91. The maximum atomic E-state index is 12.2. The van der Waals surface area contributed by atoms with E-state index in [2.05, 4.69) is 24.2 Å². The molecule has 140 valence electrons. The Bertz CT molecular complexity index is 856. The average Bonchev–Trinajstić information content (AvgIpc) is 3.00. The molecular formula is C21H22N2O3S. The number of amides is 1. The Hall–Kier alpha value is -2.73. The van der Waals surface area contributed by atoms with Crippen molar-refractivity contribution in [1.29, 1.82) is 0 Å². The lowest BCUT2D eigenvalue weighted by Crippen LogP contribution is -2.19. The average molecular weight is 382 g/mol. The van der Waals surface area contributed by atoms with Crippen LogP contribution in [0.15, 0.2) is 58.4 Å². The van der Waals surface area contributed by atoms with Crippen molar-refractivity contribution in [2.24, 2.45) is 10.9 Å². The number of aliphatic imine (C=N–C) groups is 1. The van der Waals surface area contributed by atoms with E-state index in [1.54, 1.807) is 7.11 Å². The second-order valence-electron chi connectivity index (χ2n) is 6.45. The highest BCUT2D eigenvalue weighted by atomic mass is 32.2. The minimum absolute atomic E-state index is 0.146. The molecule has 0 atom stereocenters. The summed E-state index contributed by atoms with van der Waals surface area (Å²) in [4.78, 5) is 17.3. The molecule has 0 unspecified atom stereocenters. The third kappa shape index (κ3) is 5.37. The number of thioether (sulfide) groups is 1. The molecule has 1 saturated heterocycles. The fraction of sp³-hybridized carbons (Fsp3) is 0.238. The molecule has 5 nitrogen and oxygen atoms in total. The van der Waals surface area contributed by atoms with Gasteiger partial charge in [-0.25, -0.2) is 4.99 Å². The van der Waals surface area contributed by atoms with Gasteiger partial charge < -0.3 is 14.8 Å². The van der Waals surface area contributed by atoms with E-state index >= 15 is 0 Å². The van der Waals surface area contributed by atoms with E-state index in [0.717, 1.165) is 22.7 Å². The molecule has 0 bridgehead atoms. The van der Waals surface area contributed by atoms with Crippen molar-refractivity contribution in [1.82, 2.24) is 5.32 Å². The summed E-state index contributed by atoms with van der Waals surface area (Å²) in [5.74, 6) is 1.93. The molecular weight excluding hydrogens is 360 g/mol. The van der Waals surface area contributed by atoms with Crippen molar-refractivity contribution in [3.63, 3.8) is 0 Å². The number of carbonyl (C=O) groups excluding carboxylic acids is 1. The zero-order chi connectivity index (χ0) is 19.2. The summed E-state index contributed by atoms with van der Waals surface area (Å²) >= 11 is 1.32. The summed E-state index contributed by atoms with van der Waals surface area (Å²) in [5, 5.41) is 3.36. The largest absolute Gasteiger partial charge is 0.497 e. The fourth-order valence-electron chi connectivity index (χ4n) is 2.33. The SMILES string of the molecule is COc1ccc(N=C2NC(=O)/C(=C/c3ccc(OCC(C)C)cc3)S2)cc1. The van der Waals surface area contributed by atoms with Crippen LogP contribution in [0, 0.1) is 5.92 Å². The molecule has 0 spiro atoms. The van der Waals surface area contributed by atoms with Gasteiger partial charge in [0.1, 0.15) is 11.5 Å². The van der Waals surface area contributed by atoms with Crippen molar-refractivity contribution in [3.8, 4) is 11.5 Å². The number of ether oxygens (including phenoxy) is 2. The number of rotatable bonds is 6. The Balaban J connectivity index is 1.68. The Morgan fingerprint density at radius 3 is 2.37 bits per heavy atom. The third-order valence-electron chi connectivity index (χ3n) is 3.72. The Kier molecular flexibility index (Phi) is 6.19. The molecule has 0 aliphatic carbocycles. The maximum Gasteiger partial charge on any atom is 0.264 e. The molecule has 0 radical (unpaired) electrons. The van der Waals surface area contributed by atoms with Crippen molar-refractivity contribution >= 4 is 34.6 Å². The van der Waals surface area contributed by atoms with Crippen molar-refractivity contribution in [2.75, 3.05) is 13.7 Å². The highest BCUT2D eigenvalue weighted by molar-refractivity contribution is 8.18. The molecule has 1 N–H and O–H groups in total. The van der Waals surface area contributed by atoms with Gasteiger partial charge in [-0.15, -0.1) is 0 Å². The van der Waals surface area contributed by atoms with Crippen molar-refractivity contribution < 1.29 is 14.3 Å². The van der Waals surface area contributed by atoms with Gasteiger partial charge in [0.15, 0.2) is 5.17 Å². The highest BCUT2D eigenvalue weighted by Gasteiger charge is 2.23. The lowest BCUT2D eigenvalue weighted by Gasteiger charge is -2.08. The van der Waals surface area contributed by atoms with Gasteiger partial charge in [0.2, 0.25) is 0 Å². The second-order valence-corrected chi connectivity index (χ2v) is 7.48. The molecule has 2 aromatic rings. The molecule has 1 aliphatic heterocycles. The predicted octanol–water partition coefficient (Wildman–Crippen LogP) is 4.62. The van der Waals surface area contributed by atoms with Crippen LogP contribution in [-0.4, -0.2) is 24.8 Å². The monoisotopic (exact) mass is 382 g/mol. The topological polar surface area (TPSA) is 59.9 Å². The van der Waals surface area contributed by atoms with E-state index in [1.165, 1.54) is 11.8 Å². The standard InChI is InChI=1S/C21H22N2O3S/c1-14(2)13-26-18-8-4-15(5-9-18)12-19-20(24)23-21(27-19)22-16-6-10-17(25-3)11-7-16/h4-12,14H,13H2,1-3H3,(H,22,23,24)/b19-12-. The third-order valence-corrected chi connectivity index (χ3v) is 4.63. The summed E-state index contributed by atoms with van der Waals surface area (Å²) in [5.41, 5.74) is 1.70. The first-order valence-electron chi connectivity index (χ1n) is 8.70. The van der Waals surface area contributed by atoms with Crippen LogP contribution < -0.4 is 14.8 Å². The molecule has 1 amide bonds. The summed E-state index contributed by atoms with van der Waals surface area (Å²) in [6, 6.07) is 15.1. The van der Waals surface area contributed by atoms with Crippen molar-refractivity contribution in [3.05, 3.63) is 59.0 Å². The molecule has 6 heteroatoms. The fourth-order valence-corrected chi connectivity index (χ4v) is 3.17. The van der Waals surface area contributed by atoms with Gasteiger partial charge in [0.05, 0.1) is 24.3 Å². The molecule has 0 saturated carbocycles. The van der Waals surface area contributed by atoms with Crippen LogP contribution in [0.1, 0.15) is 19.4 Å². The van der Waals surface area contributed by atoms with E-state index in [1.807, 2.05) is 54.6 Å². The minimum Gasteiger partial charge on any atom is -0.497 e. The molecule has 27 heavy (non-hydrogen) atoms. The summed E-state index contributed by atoms with van der Waals surface area (Å²) in [7, 11) is 1.62. The van der Waals surface area contributed by atoms with Gasteiger partial charge in [-0.3, -0.25) is 4.79 Å². The molecule has 3 rings (SSSR count). The maximum absolute atomic E-state index is 12.2. The first-order chi connectivity index (χ1) is 13.0. The number of benzene rings is 2. The van der Waals surface area contributed by atoms with Gasteiger partial charge in [-0.2, -0.15) is 0 Å². The Labute approximate surface area is 163 Å². The second kappa shape index (κ2) is 8.77. The van der Waals surface area contributed by atoms with E-state index in [9.17, 15) is 4.79 Å². The van der Waals surface area contributed by atoms with E-state index in [0.29, 0.717) is 22.6 Å². The lowest BCUT2D eigenvalue weighted by molar-refractivity contribution is -0.115. The van der Waals surface area contributed by atoms with Gasteiger partial charge >= 0.3 is 0 Å². The Morgan fingerprint density at radius 2 is 1.74 bits per heavy atom. The number of hydrogen-bond donors (Lipinski definition) is 1. The van der Waals surface area contributed by atoms with Crippen molar-refractivity contribution in [2.45, 2.75) is 13.8 Å². The number of nitrogens with one attached hydrogen (secondary N) is 1. The molecule has 0 aromatic heterocycles. The lowest BCUT2D eigenvalue weighted by atomic mass is 10.2. The molecule has 2 aromatic carbocycles. The van der Waals surface area contributed by atoms with Crippen LogP contribution in [-0.2, 0) is 4.79 Å². The van der Waals surface area contributed by atoms with Gasteiger partial charge in [0, 0.05) is 0 Å². The van der Waals surface area contributed by atoms with Crippen LogP contribution in [0.3, 0.4) is 0 Å². The first kappa shape index (κ1) is 19.0. The van der Waals surface area contributed by atoms with Crippen LogP contribution in [0.5, 0.6) is 11.5 Å². The highest BCUT2D eigenvalue weighted by Crippen LogP contribution is 2.29. The first-order valence-corrected chi connectivity index (χ1v) is 9.51. The smallest absolute Gasteiger partial charge is 0.264 e. The van der Waals surface area contributed by atoms with E-state index in [4.69, 9.17) is 9.47 Å². The number of methoxy groups -OCH3 is 1. The summed E-state index contributed by atoms with van der Waals surface area (Å²) in [6.07, 6.45) is 1.85. The number of hydrogen-bond acceptors (Lipinski definition) is 5. The van der Waals surface area contributed by atoms with Crippen LogP contribution in [0.4, 0.5) is 5.69 Å². The molecule has 1 heterocycles. The number of nitrogens with zero attached hydrogens (tertiary/aromatic N) is 1.